The van der Waals surface area contributed by atoms with Crippen molar-refractivity contribution >= 4 is 11.0 Å². The number of benzene rings is 1. The predicted octanol–water partition coefficient (Wildman–Crippen LogP) is 4.27. The van der Waals surface area contributed by atoms with Crippen LogP contribution in [0.1, 0.15) is 44.9 Å². The van der Waals surface area contributed by atoms with Gasteiger partial charge in [0.05, 0.1) is 0 Å². The molecule has 1 fully saturated rings. The molecule has 2 aromatic rings. The molecule has 0 radical (unpaired) electrons. The van der Waals surface area contributed by atoms with Gasteiger partial charge in [-0.1, -0.05) is 25.1 Å². The smallest absolute Gasteiger partial charge is 0.134 e. The Labute approximate surface area is 115 Å². The summed E-state index contributed by atoms with van der Waals surface area (Å²) in [5.41, 5.74) is 2.59. The molecule has 1 aromatic carbocycles. The van der Waals surface area contributed by atoms with Crippen molar-refractivity contribution in [2.75, 3.05) is 0 Å². The number of para-hydroxylation sites is 1. The molecule has 19 heavy (non-hydrogen) atoms. The molecule has 2 nitrogen and oxygen atoms in total. The third kappa shape index (κ3) is 2.42. The first-order valence-corrected chi connectivity index (χ1v) is 7.36. The van der Waals surface area contributed by atoms with Gasteiger partial charge in [0.15, 0.2) is 0 Å². The van der Waals surface area contributed by atoms with Gasteiger partial charge in [0.25, 0.3) is 0 Å². The van der Waals surface area contributed by atoms with Crippen molar-refractivity contribution in [3.05, 3.63) is 35.6 Å². The van der Waals surface area contributed by atoms with E-state index in [1.807, 2.05) is 6.07 Å². The molecule has 3 rings (SSSR count). The second kappa shape index (κ2) is 4.68. The Balaban J connectivity index is 1.86. The van der Waals surface area contributed by atoms with Crippen molar-refractivity contribution in [1.82, 2.24) is 5.32 Å². The Hall–Kier alpha value is -1.28. The summed E-state index contributed by atoms with van der Waals surface area (Å²) in [6.45, 7) is 7.70. The highest BCUT2D eigenvalue weighted by molar-refractivity contribution is 5.82. The first-order valence-electron chi connectivity index (χ1n) is 7.36. The third-order valence-corrected chi connectivity index (χ3v) is 4.42. The Bertz CT molecular complexity index is 578. The zero-order chi connectivity index (χ0) is 13.5. The summed E-state index contributed by atoms with van der Waals surface area (Å²) in [6.07, 6.45) is 3.69. The lowest BCUT2D eigenvalue weighted by Crippen LogP contribution is -2.40. The van der Waals surface area contributed by atoms with Crippen molar-refractivity contribution < 1.29 is 4.42 Å². The summed E-state index contributed by atoms with van der Waals surface area (Å²) in [5.74, 6) is 1.97. The molecule has 1 saturated carbocycles. The van der Waals surface area contributed by atoms with Crippen LogP contribution in [0.15, 0.2) is 28.7 Å². The molecule has 0 spiro atoms. The minimum Gasteiger partial charge on any atom is -0.461 e. The molecule has 2 heteroatoms. The normalized spacial score (nSPS) is 16.2. The highest BCUT2D eigenvalue weighted by Crippen LogP contribution is 2.39. The van der Waals surface area contributed by atoms with E-state index in [4.69, 9.17) is 4.42 Å². The van der Waals surface area contributed by atoms with Gasteiger partial charge in [-0.2, -0.15) is 0 Å². The van der Waals surface area contributed by atoms with Gasteiger partial charge in [0, 0.05) is 29.5 Å². The first-order chi connectivity index (χ1) is 9.12. The lowest BCUT2D eigenvalue weighted by molar-refractivity contribution is 0.338. The van der Waals surface area contributed by atoms with E-state index in [1.165, 1.54) is 23.8 Å². The highest BCUT2D eigenvalue weighted by atomic mass is 16.3. The van der Waals surface area contributed by atoms with Crippen LogP contribution in [0.3, 0.4) is 0 Å². The fourth-order valence-electron chi connectivity index (χ4n) is 2.89. The summed E-state index contributed by atoms with van der Waals surface area (Å²) >= 11 is 0. The standard InChI is InChI=1S/C17H23NO/c1-4-15-14(11-18-17(2,3)12-9-10-12)13-7-5-6-8-16(13)19-15/h5-8,12,18H,4,9-11H2,1-3H3. The quantitative estimate of drug-likeness (QED) is 0.865. The monoisotopic (exact) mass is 257 g/mol. The number of rotatable bonds is 5. The van der Waals surface area contributed by atoms with Crippen LogP contribution in [0.25, 0.3) is 11.0 Å². The maximum absolute atomic E-state index is 5.95. The van der Waals surface area contributed by atoms with Gasteiger partial charge in [0.2, 0.25) is 0 Å². The van der Waals surface area contributed by atoms with E-state index in [-0.39, 0.29) is 5.54 Å². The fraction of sp³-hybridized carbons (Fsp3) is 0.529. The molecule has 0 atom stereocenters. The molecule has 0 bridgehead atoms. The van der Waals surface area contributed by atoms with Gasteiger partial charge in [-0.05, 0) is 38.7 Å². The van der Waals surface area contributed by atoms with Crippen LogP contribution in [-0.4, -0.2) is 5.54 Å². The third-order valence-electron chi connectivity index (χ3n) is 4.42. The van der Waals surface area contributed by atoms with E-state index in [1.54, 1.807) is 0 Å². The van der Waals surface area contributed by atoms with Crippen LogP contribution in [0.5, 0.6) is 0 Å². The number of nitrogens with one attached hydrogen (secondary N) is 1. The molecule has 102 valence electrons. The topological polar surface area (TPSA) is 25.2 Å². The molecule has 1 aliphatic rings. The van der Waals surface area contributed by atoms with Crippen molar-refractivity contribution in [3.63, 3.8) is 0 Å². The molecular weight excluding hydrogens is 234 g/mol. The summed E-state index contributed by atoms with van der Waals surface area (Å²) < 4.78 is 5.95. The number of hydrogen-bond donors (Lipinski definition) is 1. The summed E-state index contributed by atoms with van der Waals surface area (Å²) in [7, 11) is 0. The van der Waals surface area contributed by atoms with E-state index in [0.717, 1.165) is 30.2 Å². The number of fused-ring (bicyclic) bond motifs is 1. The molecule has 0 saturated heterocycles. The summed E-state index contributed by atoms with van der Waals surface area (Å²) in [6, 6.07) is 8.35. The van der Waals surface area contributed by atoms with Gasteiger partial charge in [-0.15, -0.1) is 0 Å². The average molecular weight is 257 g/mol. The Morgan fingerprint density at radius 3 is 2.68 bits per heavy atom. The Kier molecular flexibility index (Phi) is 3.14. The maximum atomic E-state index is 5.95. The number of furan rings is 1. The van der Waals surface area contributed by atoms with Gasteiger partial charge >= 0.3 is 0 Å². The highest BCUT2D eigenvalue weighted by Gasteiger charge is 2.37. The van der Waals surface area contributed by atoms with E-state index >= 15 is 0 Å². The second-order valence-electron chi connectivity index (χ2n) is 6.20. The van der Waals surface area contributed by atoms with Gasteiger partial charge in [0.1, 0.15) is 11.3 Å². The predicted molar refractivity (Wildman–Crippen MR) is 79.2 cm³/mol. The van der Waals surface area contributed by atoms with Crippen LogP contribution in [0.2, 0.25) is 0 Å². The number of hydrogen-bond acceptors (Lipinski definition) is 2. The summed E-state index contributed by atoms with van der Waals surface area (Å²) in [4.78, 5) is 0. The Morgan fingerprint density at radius 1 is 1.26 bits per heavy atom. The SMILES string of the molecule is CCc1oc2ccccc2c1CNC(C)(C)C1CC1. The molecule has 1 N–H and O–H groups in total. The van der Waals surface area contributed by atoms with Gasteiger partial charge in [-0.25, -0.2) is 0 Å². The van der Waals surface area contributed by atoms with E-state index < -0.39 is 0 Å². The molecule has 1 aromatic heterocycles. The van der Waals surface area contributed by atoms with E-state index in [2.05, 4.69) is 44.3 Å². The molecule has 0 amide bonds. The van der Waals surface area contributed by atoms with Gasteiger partial charge in [-0.3, -0.25) is 0 Å². The zero-order valence-corrected chi connectivity index (χ0v) is 12.1. The lowest BCUT2D eigenvalue weighted by Gasteiger charge is -2.26. The molecular formula is C17H23NO. The molecule has 0 aliphatic heterocycles. The van der Waals surface area contributed by atoms with Crippen LogP contribution in [0.4, 0.5) is 0 Å². The maximum Gasteiger partial charge on any atom is 0.134 e. The molecule has 0 unspecified atom stereocenters. The number of aryl methyl sites for hydroxylation is 1. The lowest BCUT2D eigenvalue weighted by atomic mass is 9.98. The van der Waals surface area contributed by atoms with E-state index in [9.17, 15) is 0 Å². The average Bonchev–Trinajstić information content (AvgIpc) is 3.19. The van der Waals surface area contributed by atoms with Crippen LogP contribution < -0.4 is 5.32 Å². The summed E-state index contributed by atoms with van der Waals surface area (Å²) in [5, 5.41) is 4.99. The van der Waals surface area contributed by atoms with Crippen molar-refractivity contribution in [3.8, 4) is 0 Å². The van der Waals surface area contributed by atoms with Crippen LogP contribution >= 0.6 is 0 Å². The minimum atomic E-state index is 0.239. The van der Waals surface area contributed by atoms with Crippen molar-refractivity contribution in [2.45, 2.75) is 52.1 Å². The van der Waals surface area contributed by atoms with Crippen LogP contribution in [0, 0.1) is 5.92 Å². The van der Waals surface area contributed by atoms with Crippen LogP contribution in [-0.2, 0) is 13.0 Å². The molecule has 1 aliphatic carbocycles. The van der Waals surface area contributed by atoms with Crippen molar-refractivity contribution in [1.29, 1.82) is 0 Å². The minimum absolute atomic E-state index is 0.239. The van der Waals surface area contributed by atoms with Gasteiger partial charge < -0.3 is 9.73 Å². The Morgan fingerprint density at radius 2 is 2.00 bits per heavy atom. The van der Waals surface area contributed by atoms with Crippen molar-refractivity contribution in [2.24, 2.45) is 5.92 Å². The fourth-order valence-corrected chi connectivity index (χ4v) is 2.89. The first kappa shape index (κ1) is 12.7. The largest absolute Gasteiger partial charge is 0.461 e. The second-order valence-corrected chi connectivity index (χ2v) is 6.20. The van der Waals surface area contributed by atoms with E-state index in [0.29, 0.717) is 0 Å². The molecule has 1 heterocycles. The zero-order valence-electron chi connectivity index (χ0n) is 12.1.